The quantitative estimate of drug-likeness (QED) is 0.0261. The van der Waals surface area contributed by atoms with Crippen molar-refractivity contribution < 1.29 is 28.6 Å². The minimum atomic E-state index is -0.805. The van der Waals surface area contributed by atoms with E-state index in [1.807, 2.05) is 0 Å². The van der Waals surface area contributed by atoms with Crippen LogP contribution in [-0.4, -0.2) is 37.2 Å². The maximum atomic E-state index is 12.9. The van der Waals surface area contributed by atoms with Crippen LogP contribution in [0.1, 0.15) is 355 Å². The van der Waals surface area contributed by atoms with Gasteiger partial charge in [-0.05, 0) is 116 Å². The summed E-state index contributed by atoms with van der Waals surface area (Å²) in [5.41, 5.74) is 0. The van der Waals surface area contributed by atoms with Gasteiger partial charge in [0.1, 0.15) is 13.2 Å². The molecule has 0 saturated heterocycles. The van der Waals surface area contributed by atoms with E-state index in [2.05, 4.69) is 118 Å². The van der Waals surface area contributed by atoms with Gasteiger partial charge in [0.2, 0.25) is 0 Å². The van der Waals surface area contributed by atoms with Gasteiger partial charge in [-0.3, -0.25) is 14.4 Å². The number of hydrogen-bond donors (Lipinski definition) is 0. The number of rotatable bonds is 65. The molecule has 0 spiro atoms. The SMILES string of the molecule is CC/C=C\C/C=C\C/C=C\C/C=C\C/C=C\CCCC(=O)OCC(COC(=O)CCCCCCCCCCCCCCCCCCC/C=C\CCCCCCCCCC)OC(=O)CCCCCCCCCCC/C=C\C/C=C\CCCCC. The molecular formula is C77H134O6. The maximum absolute atomic E-state index is 12.9. The molecule has 83 heavy (non-hydrogen) atoms. The molecule has 0 fully saturated rings. The molecule has 0 bridgehead atoms. The topological polar surface area (TPSA) is 78.9 Å². The summed E-state index contributed by atoms with van der Waals surface area (Å²) in [6.45, 7) is 6.49. The molecule has 6 heteroatoms. The Morgan fingerprint density at radius 2 is 0.482 bits per heavy atom. The Morgan fingerprint density at radius 1 is 0.253 bits per heavy atom. The van der Waals surface area contributed by atoms with Crippen LogP contribution in [0.15, 0.2) is 97.2 Å². The van der Waals surface area contributed by atoms with Gasteiger partial charge < -0.3 is 14.2 Å². The van der Waals surface area contributed by atoms with Gasteiger partial charge in [-0.15, -0.1) is 0 Å². The van der Waals surface area contributed by atoms with E-state index in [-0.39, 0.29) is 37.5 Å². The molecule has 0 radical (unpaired) electrons. The smallest absolute Gasteiger partial charge is 0.306 e. The maximum Gasteiger partial charge on any atom is 0.306 e. The number of unbranched alkanes of at least 4 members (excludes halogenated alkanes) is 38. The number of allylic oxidation sites excluding steroid dienone is 16. The highest BCUT2D eigenvalue weighted by molar-refractivity contribution is 5.71. The summed E-state index contributed by atoms with van der Waals surface area (Å²) in [6, 6.07) is 0. The van der Waals surface area contributed by atoms with E-state index >= 15 is 0 Å². The van der Waals surface area contributed by atoms with Crippen LogP contribution in [-0.2, 0) is 28.6 Å². The van der Waals surface area contributed by atoms with Crippen molar-refractivity contribution in [3.63, 3.8) is 0 Å². The third-order valence-corrected chi connectivity index (χ3v) is 15.5. The first kappa shape index (κ1) is 79.3. The second-order valence-corrected chi connectivity index (χ2v) is 23.8. The Bertz CT molecular complexity index is 1610. The van der Waals surface area contributed by atoms with E-state index in [4.69, 9.17) is 14.2 Å². The van der Waals surface area contributed by atoms with Crippen molar-refractivity contribution in [2.75, 3.05) is 13.2 Å². The lowest BCUT2D eigenvalue weighted by Gasteiger charge is -2.18. The number of ether oxygens (including phenoxy) is 3. The number of carbonyl (C=O) groups excluding carboxylic acids is 3. The summed E-state index contributed by atoms with van der Waals surface area (Å²) in [7, 11) is 0. The Hall–Kier alpha value is -3.67. The van der Waals surface area contributed by atoms with Crippen molar-refractivity contribution in [3.05, 3.63) is 97.2 Å². The van der Waals surface area contributed by atoms with Crippen LogP contribution in [0.25, 0.3) is 0 Å². The van der Waals surface area contributed by atoms with Gasteiger partial charge in [0, 0.05) is 19.3 Å². The summed E-state index contributed by atoms with van der Waals surface area (Å²) in [4.78, 5) is 38.4. The summed E-state index contributed by atoms with van der Waals surface area (Å²) < 4.78 is 16.9. The zero-order valence-electron chi connectivity index (χ0n) is 54.9. The molecule has 0 aliphatic rings. The molecule has 0 aliphatic carbocycles. The molecular weight excluding hydrogens is 1020 g/mol. The lowest BCUT2D eigenvalue weighted by molar-refractivity contribution is -0.167. The lowest BCUT2D eigenvalue weighted by atomic mass is 10.0. The predicted molar refractivity (Wildman–Crippen MR) is 362 cm³/mol. The van der Waals surface area contributed by atoms with Gasteiger partial charge in [-0.2, -0.15) is 0 Å². The fraction of sp³-hybridized carbons (Fsp3) is 0.753. The average Bonchev–Trinajstić information content (AvgIpc) is 3.50. The molecule has 0 amide bonds. The van der Waals surface area contributed by atoms with Crippen LogP contribution in [0.3, 0.4) is 0 Å². The minimum Gasteiger partial charge on any atom is -0.462 e. The third kappa shape index (κ3) is 69.0. The molecule has 0 N–H and O–H groups in total. The Morgan fingerprint density at radius 3 is 0.819 bits per heavy atom. The van der Waals surface area contributed by atoms with Crippen molar-refractivity contribution in [3.8, 4) is 0 Å². The highest BCUT2D eigenvalue weighted by Gasteiger charge is 2.19. The molecule has 0 rings (SSSR count). The lowest BCUT2D eigenvalue weighted by Crippen LogP contribution is -2.30. The van der Waals surface area contributed by atoms with Crippen LogP contribution >= 0.6 is 0 Å². The second kappa shape index (κ2) is 70.8. The first-order valence-electron chi connectivity index (χ1n) is 35.7. The van der Waals surface area contributed by atoms with Crippen molar-refractivity contribution in [1.82, 2.24) is 0 Å². The van der Waals surface area contributed by atoms with E-state index in [0.717, 1.165) is 83.5 Å². The largest absolute Gasteiger partial charge is 0.462 e. The second-order valence-electron chi connectivity index (χ2n) is 23.8. The summed E-state index contributed by atoms with van der Waals surface area (Å²) >= 11 is 0. The number of carbonyl (C=O) groups is 3. The van der Waals surface area contributed by atoms with E-state index in [1.165, 1.54) is 225 Å². The van der Waals surface area contributed by atoms with Gasteiger partial charge in [0.05, 0.1) is 0 Å². The van der Waals surface area contributed by atoms with Gasteiger partial charge in [0.15, 0.2) is 6.10 Å². The number of hydrogen-bond acceptors (Lipinski definition) is 6. The molecule has 0 aliphatic heterocycles. The Labute approximate surface area is 515 Å². The molecule has 1 atom stereocenters. The highest BCUT2D eigenvalue weighted by Crippen LogP contribution is 2.17. The molecule has 0 aromatic heterocycles. The highest BCUT2D eigenvalue weighted by atomic mass is 16.6. The predicted octanol–water partition coefficient (Wildman–Crippen LogP) is 24.8. The molecule has 6 nitrogen and oxygen atoms in total. The van der Waals surface area contributed by atoms with E-state index in [0.29, 0.717) is 19.3 Å². The molecule has 0 heterocycles. The normalized spacial score (nSPS) is 12.7. The molecule has 0 aromatic rings. The third-order valence-electron chi connectivity index (χ3n) is 15.5. The van der Waals surface area contributed by atoms with Crippen molar-refractivity contribution >= 4 is 17.9 Å². The fourth-order valence-corrected chi connectivity index (χ4v) is 10.2. The first-order chi connectivity index (χ1) is 41.0. The molecule has 478 valence electrons. The van der Waals surface area contributed by atoms with Crippen molar-refractivity contribution in [2.24, 2.45) is 0 Å². The summed E-state index contributed by atoms with van der Waals surface area (Å²) in [5.74, 6) is -0.944. The van der Waals surface area contributed by atoms with E-state index < -0.39 is 6.10 Å². The van der Waals surface area contributed by atoms with Crippen LogP contribution in [0, 0.1) is 0 Å². The first-order valence-corrected chi connectivity index (χ1v) is 35.7. The summed E-state index contributed by atoms with van der Waals surface area (Å²) in [5, 5.41) is 0. The van der Waals surface area contributed by atoms with Gasteiger partial charge in [-0.1, -0.05) is 317 Å². The van der Waals surface area contributed by atoms with Crippen LogP contribution < -0.4 is 0 Å². The summed E-state index contributed by atoms with van der Waals surface area (Å²) in [6.07, 6.45) is 95.9. The fourth-order valence-electron chi connectivity index (χ4n) is 10.2. The number of esters is 3. The average molecular weight is 1160 g/mol. The Balaban J connectivity index is 4.32. The van der Waals surface area contributed by atoms with Gasteiger partial charge >= 0.3 is 17.9 Å². The van der Waals surface area contributed by atoms with Gasteiger partial charge in [-0.25, -0.2) is 0 Å². The van der Waals surface area contributed by atoms with E-state index in [1.54, 1.807) is 0 Å². The van der Waals surface area contributed by atoms with Crippen molar-refractivity contribution in [1.29, 1.82) is 0 Å². The Kier molecular flexibility index (Phi) is 67.7. The standard InChI is InChI=1S/C77H134O6/c1-4-7-10-13-16-19-22-25-28-31-33-34-35-36-37-38-39-40-41-42-44-46-49-52-55-58-61-64-67-70-76(79)82-73-74(72-81-75(78)69-66-63-60-57-54-51-48-45-30-27-24-21-18-15-12-9-6-3)83-77(80)71-68-65-62-59-56-53-50-47-43-32-29-26-23-20-17-14-11-8-5-2/h9,12,17-18,20-21,26-27,29-31,33,48,51,57,60,74H,4-8,10-11,13-16,19,22-25,28,32,34-47,49-50,52-56,58-59,61-73H2,1-3H3/b12-9-,20-17-,21-18-,29-26-,30-27-,33-31-,51-48-,60-57-. The molecule has 0 saturated carbocycles. The van der Waals surface area contributed by atoms with Crippen LogP contribution in [0.4, 0.5) is 0 Å². The van der Waals surface area contributed by atoms with Crippen molar-refractivity contribution in [2.45, 2.75) is 361 Å². The zero-order valence-corrected chi connectivity index (χ0v) is 54.9. The zero-order chi connectivity index (χ0) is 59.9. The molecule has 1 unspecified atom stereocenters. The monoisotopic (exact) mass is 1160 g/mol. The van der Waals surface area contributed by atoms with E-state index in [9.17, 15) is 14.4 Å². The van der Waals surface area contributed by atoms with Crippen LogP contribution in [0.2, 0.25) is 0 Å². The minimum absolute atomic E-state index is 0.0948. The van der Waals surface area contributed by atoms with Crippen LogP contribution in [0.5, 0.6) is 0 Å². The van der Waals surface area contributed by atoms with Gasteiger partial charge in [0.25, 0.3) is 0 Å². The molecule has 0 aromatic carbocycles.